The van der Waals surface area contributed by atoms with Gasteiger partial charge in [0.15, 0.2) is 5.82 Å². The molecular weight excluding hydrogens is 435 g/mol. The van der Waals surface area contributed by atoms with E-state index in [4.69, 9.17) is 5.14 Å². The standard InChI is InChI=1S/C18H24F3N7O2S/c19-18(20,21)12-10-13(28-8-2-1-3-9-28)16(31(22,29)30)15(17-24-26-27-25-17)14(12)11-4-6-23-7-5-11/h10-11,23H,1-9H2,(H2,22,29,30)(H,24,25,26,27). The quantitative estimate of drug-likeness (QED) is 0.637. The molecule has 0 unspecified atom stereocenters. The third-order valence-corrected chi connectivity index (χ3v) is 6.90. The van der Waals surface area contributed by atoms with E-state index in [-0.39, 0.29) is 27.5 Å². The van der Waals surface area contributed by atoms with Crippen molar-refractivity contribution in [1.29, 1.82) is 0 Å². The molecule has 4 rings (SSSR count). The lowest BCUT2D eigenvalue weighted by atomic mass is 9.82. The molecule has 1 aromatic heterocycles. The highest BCUT2D eigenvalue weighted by molar-refractivity contribution is 7.89. The van der Waals surface area contributed by atoms with Crippen molar-refractivity contribution in [3.63, 3.8) is 0 Å². The van der Waals surface area contributed by atoms with E-state index < -0.39 is 27.7 Å². The highest BCUT2D eigenvalue weighted by Crippen LogP contribution is 2.48. The molecule has 2 aromatic rings. The SMILES string of the molecule is NS(=O)(=O)c1c(N2CCCCC2)cc(C(F)(F)F)c(C2CCNCC2)c1-c1nnn[nH]1. The van der Waals surface area contributed by atoms with E-state index in [0.717, 1.165) is 25.3 Å². The van der Waals surface area contributed by atoms with E-state index in [1.807, 2.05) is 0 Å². The van der Waals surface area contributed by atoms with Gasteiger partial charge in [-0.3, -0.25) is 0 Å². The summed E-state index contributed by atoms with van der Waals surface area (Å²) in [6.45, 7) is 1.94. The lowest BCUT2D eigenvalue weighted by Crippen LogP contribution is -2.33. The molecule has 1 aromatic carbocycles. The van der Waals surface area contributed by atoms with Crippen LogP contribution in [0.1, 0.15) is 49.1 Å². The summed E-state index contributed by atoms with van der Waals surface area (Å²) < 4.78 is 68.5. The molecule has 0 spiro atoms. The van der Waals surface area contributed by atoms with Gasteiger partial charge in [0.25, 0.3) is 0 Å². The third-order valence-electron chi connectivity index (χ3n) is 5.92. The summed E-state index contributed by atoms with van der Waals surface area (Å²) in [6, 6.07) is 0.954. The molecule has 31 heavy (non-hydrogen) atoms. The molecule has 2 fully saturated rings. The first-order chi connectivity index (χ1) is 14.7. The fourth-order valence-corrected chi connectivity index (χ4v) is 5.56. The number of benzene rings is 1. The second-order valence-corrected chi connectivity index (χ2v) is 9.42. The average molecular weight is 459 g/mol. The van der Waals surface area contributed by atoms with Crippen LogP contribution in [-0.4, -0.2) is 55.2 Å². The Morgan fingerprint density at radius 2 is 1.81 bits per heavy atom. The van der Waals surface area contributed by atoms with Gasteiger partial charge in [-0.1, -0.05) is 0 Å². The molecule has 0 aliphatic carbocycles. The topological polar surface area (TPSA) is 130 Å². The summed E-state index contributed by atoms with van der Waals surface area (Å²) >= 11 is 0. The number of sulfonamides is 1. The number of hydrogen-bond donors (Lipinski definition) is 3. The van der Waals surface area contributed by atoms with Crippen LogP contribution >= 0.6 is 0 Å². The minimum absolute atomic E-state index is 0.0430. The van der Waals surface area contributed by atoms with Crippen molar-refractivity contribution in [2.75, 3.05) is 31.1 Å². The first kappa shape index (κ1) is 22.0. The summed E-state index contributed by atoms with van der Waals surface area (Å²) in [5.41, 5.74) is -1.19. The van der Waals surface area contributed by atoms with Crippen LogP contribution < -0.4 is 15.4 Å². The molecule has 2 saturated heterocycles. The van der Waals surface area contributed by atoms with E-state index in [2.05, 4.69) is 25.9 Å². The maximum absolute atomic E-state index is 14.3. The second kappa shape index (κ2) is 8.36. The molecule has 3 heterocycles. The number of primary sulfonamides is 1. The van der Waals surface area contributed by atoms with Crippen LogP contribution in [0.4, 0.5) is 18.9 Å². The van der Waals surface area contributed by atoms with Gasteiger partial charge in [-0.25, -0.2) is 18.7 Å². The number of hydrogen-bond acceptors (Lipinski definition) is 7. The van der Waals surface area contributed by atoms with Gasteiger partial charge < -0.3 is 10.2 Å². The van der Waals surface area contributed by atoms with Crippen LogP contribution in [0, 0.1) is 0 Å². The predicted octanol–water partition coefficient (Wildman–Crippen LogP) is 1.99. The summed E-state index contributed by atoms with van der Waals surface area (Å²) in [5, 5.41) is 21.9. The zero-order chi connectivity index (χ0) is 22.2. The summed E-state index contributed by atoms with van der Waals surface area (Å²) in [7, 11) is -4.40. The van der Waals surface area contributed by atoms with Crippen molar-refractivity contribution in [1.82, 2.24) is 25.9 Å². The fraction of sp³-hybridized carbons (Fsp3) is 0.611. The van der Waals surface area contributed by atoms with E-state index in [1.54, 1.807) is 4.90 Å². The van der Waals surface area contributed by atoms with Crippen molar-refractivity contribution in [2.45, 2.75) is 49.1 Å². The molecule has 4 N–H and O–H groups in total. The molecule has 170 valence electrons. The molecule has 2 aliphatic heterocycles. The Balaban J connectivity index is 2.10. The van der Waals surface area contributed by atoms with E-state index in [9.17, 15) is 21.6 Å². The molecule has 0 bridgehead atoms. The van der Waals surface area contributed by atoms with Gasteiger partial charge in [-0.05, 0) is 73.2 Å². The number of nitrogens with two attached hydrogens (primary N) is 1. The van der Waals surface area contributed by atoms with Gasteiger partial charge in [-0.15, -0.1) is 5.10 Å². The van der Waals surface area contributed by atoms with Crippen molar-refractivity contribution < 1.29 is 21.6 Å². The van der Waals surface area contributed by atoms with E-state index in [0.29, 0.717) is 39.0 Å². The van der Waals surface area contributed by atoms with Crippen molar-refractivity contribution in [2.24, 2.45) is 5.14 Å². The van der Waals surface area contributed by atoms with Gasteiger partial charge in [0.1, 0.15) is 4.90 Å². The molecule has 0 amide bonds. The van der Waals surface area contributed by atoms with Gasteiger partial charge in [-0.2, -0.15) is 13.2 Å². The minimum atomic E-state index is -4.69. The van der Waals surface area contributed by atoms with Crippen LogP contribution in [0.5, 0.6) is 0 Å². The summed E-state index contributed by atoms with van der Waals surface area (Å²) in [6.07, 6.45) is -1.42. The van der Waals surface area contributed by atoms with Gasteiger partial charge in [0, 0.05) is 18.7 Å². The van der Waals surface area contributed by atoms with Gasteiger partial charge >= 0.3 is 6.18 Å². The molecule has 2 aliphatic rings. The zero-order valence-corrected chi connectivity index (χ0v) is 17.6. The highest BCUT2D eigenvalue weighted by atomic mass is 32.2. The predicted molar refractivity (Wildman–Crippen MR) is 107 cm³/mol. The van der Waals surface area contributed by atoms with Crippen molar-refractivity contribution in [3.05, 3.63) is 17.2 Å². The number of anilines is 1. The number of H-pyrrole nitrogens is 1. The normalized spacial score (nSPS) is 19.0. The van der Waals surface area contributed by atoms with Crippen LogP contribution in [0.25, 0.3) is 11.4 Å². The van der Waals surface area contributed by atoms with Crippen molar-refractivity contribution >= 4 is 15.7 Å². The minimum Gasteiger partial charge on any atom is -0.370 e. The van der Waals surface area contributed by atoms with Crippen molar-refractivity contribution in [3.8, 4) is 11.4 Å². The molecular formula is C18H24F3N7O2S. The Kier molecular flexibility index (Phi) is 5.92. The highest BCUT2D eigenvalue weighted by Gasteiger charge is 2.42. The number of piperidine rings is 2. The van der Waals surface area contributed by atoms with Crippen LogP contribution in [0.3, 0.4) is 0 Å². The molecule has 9 nitrogen and oxygen atoms in total. The first-order valence-electron chi connectivity index (χ1n) is 10.2. The Morgan fingerprint density at radius 3 is 2.35 bits per heavy atom. The first-order valence-corrected chi connectivity index (χ1v) is 11.7. The number of nitrogens with one attached hydrogen (secondary N) is 2. The maximum atomic E-state index is 14.3. The van der Waals surface area contributed by atoms with E-state index >= 15 is 0 Å². The maximum Gasteiger partial charge on any atom is 0.416 e. The zero-order valence-electron chi connectivity index (χ0n) is 16.7. The van der Waals surface area contributed by atoms with Crippen LogP contribution in [0.2, 0.25) is 0 Å². The van der Waals surface area contributed by atoms with Crippen LogP contribution in [-0.2, 0) is 16.2 Å². The Labute approximate surface area is 177 Å². The molecule has 0 radical (unpaired) electrons. The Bertz CT molecular complexity index is 1030. The monoisotopic (exact) mass is 459 g/mol. The Morgan fingerprint density at radius 1 is 1.13 bits per heavy atom. The number of alkyl halides is 3. The smallest absolute Gasteiger partial charge is 0.370 e. The molecule has 0 atom stereocenters. The van der Waals surface area contributed by atoms with Crippen LogP contribution in [0.15, 0.2) is 11.0 Å². The largest absolute Gasteiger partial charge is 0.416 e. The number of tetrazole rings is 1. The molecule has 13 heteroatoms. The average Bonchev–Trinajstić information content (AvgIpc) is 3.27. The number of aromatic amines is 1. The Hall–Kier alpha value is -2.25. The van der Waals surface area contributed by atoms with Gasteiger partial charge in [0.05, 0.1) is 11.3 Å². The van der Waals surface area contributed by atoms with E-state index in [1.165, 1.54) is 0 Å². The number of rotatable bonds is 4. The lowest BCUT2D eigenvalue weighted by molar-refractivity contribution is -0.138. The second-order valence-electron chi connectivity index (χ2n) is 7.93. The third kappa shape index (κ3) is 4.39. The molecule has 0 saturated carbocycles. The number of halogens is 3. The lowest BCUT2D eigenvalue weighted by Gasteiger charge is -2.34. The van der Waals surface area contributed by atoms with Gasteiger partial charge in [0.2, 0.25) is 10.0 Å². The summed E-state index contributed by atoms with van der Waals surface area (Å²) in [4.78, 5) is 1.31. The summed E-state index contributed by atoms with van der Waals surface area (Å²) in [5.74, 6) is -0.657. The number of aromatic nitrogens is 4. The number of nitrogens with zero attached hydrogens (tertiary/aromatic N) is 4. The fourth-order valence-electron chi connectivity index (χ4n) is 4.59.